The number of fused-ring (bicyclic) bond motifs is 1. The first-order valence-corrected chi connectivity index (χ1v) is 14.3. The molecule has 2 aliphatic rings. The second kappa shape index (κ2) is 12.7. The van der Waals surface area contributed by atoms with Crippen molar-refractivity contribution in [3.05, 3.63) is 87.5 Å². The van der Waals surface area contributed by atoms with Gasteiger partial charge in [0, 0.05) is 43.9 Å². The first kappa shape index (κ1) is 27.8. The predicted octanol–water partition coefficient (Wildman–Crippen LogP) is 4.23. The zero-order valence-electron chi connectivity index (χ0n) is 23.9. The molecular formula is C32H34N6O4. The van der Waals surface area contributed by atoms with E-state index in [1.165, 1.54) is 6.39 Å². The number of aromatic nitrogens is 4. The van der Waals surface area contributed by atoms with Crippen LogP contribution in [0.15, 0.2) is 63.8 Å². The predicted molar refractivity (Wildman–Crippen MR) is 160 cm³/mol. The first-order chi connectivity index (χ1) is 20.6. The molecule has 1 aliphatic heterocycles. The summed E-state index contributed by atoms with van der Waals surface area (Å²) in [6.07, 6.45) is 8.92. The lowest BCUT2D eigenvalue weighted by Gasteiger charge is -2.30. The number of morpholine rings is 1. The van der Waals surface area contributed by atoms with Gasteiger partial charge in [0.15, 0.2) is 6.39 Å². The molecular weight excluding hydrogens is 532 g/mol. The Morgan fingerprint density at radius 1 is 1.19 bits per heavy atom. The van der Waals surface area contributed by atoms with E-state index in [-0.39, 0.29) is 18.2 Å². The van der Waals surface area contributed by atoms with Crippen LogP contribution in [0.4, 0.5) is 11.6 Å². The Bertz CT molecular complexity index is 1710. The topological polar surface area (TPSA) is 108 Å². The van der Waals surface area contributed by atoms with E-state index in [9.17, 15) is 4.79 Å². The molecule has 3 aromatic heterocycles. The van der Waals surface area contributed by atoms with Gasteiger partial charge in [-0.05, 0) is 55.6 Å². The third kappa shape index (κ3) is 6.29. The first-order valence-electron chi connectivity index (χ1n) is 14.3. The standard InChI is InChI=1S/C32H34N6O4/c1-37-14-16-41-29(20-37)23-9-11-26(12-10-23)35-32-33-18-25-17-24(8-7-22-5-3-4-6-22)31(39)38(30(25)36-32)19-27-28(13-15-40-2)42-21-34-27/h5,9-12,17-18,21,29H,3-4,6,13-16,19-20H2,1-2H3,(H,33,35,36). The van der Waals surface area contributed by atoms with Crippen molar-refractivity contribution in [1.29, 1.82) is 0 Å². The van der Waals surface area contributed by atoms with Gasteiger partial charge >= 0.3 is 0 Å². The van der Waals surface area contributed by atoms with Gasteiger partial charge in [-0.2, -0.15) is 4.98 Å². The Balaban J connectivity index is 1.33. The molecule has 0 amide bonds. The third-order valence-corrected chi connectivity index (χ3v) is 7.60. The number of oxazole rings is 1. The Kier molecular flexibility index (Phi) is 8.42. The fourth-order valence-electron chi connectivity index (χ4n) is 5.25. The highest BCUT2D eigenvalue weighted by atomic mass is 16.5. The third-order valence-electron chi connectivity index (χ3n) is 7.60. The maximum Gasteiger partial charge on any atom is 0.268 e. The molecule has 1 aromatic carbocycles. The highest BCUT2D eigenvalue weighted by Gasteiger charge is 2.20. The Labute approximate surface area is 244 Å². The van der Waals surface area contributed by atoms with Crippen LogP contribution < -0.4 is 10.9 Å². The zero-order chi connectivity index (χ0) is 28.9. The van der Waals surface area contributed by atoms with Crippen LogP contribution in [0.3, 0.4) is 0 Å². The minimum absolute atomic E-state index is 0.0525. The van der Waals surface area contributed by atoms with Gasteiger partial charge in [0.1, 0.15) is 17.1 Å². The van der Waals surface area contributed by atoms with Gasteiger partial charge < -0.3 is 24.1 Å². The average Bonchev–Trinajstić information content (AvgIpc) is 3.69. The van der Waals surface area contributed by atoms with Gasteiger partial charge in [-0.1, -0.05) is 30.0 Å². The molecule has 1 saturated heterocycles. The highest BCUT2D eigenvalue weighted by Crippen LogP contribution is 2.25. The van der Waals surface area contributed by atoms with Crippen LogP contribution in [0.25, 0.3) is 11.0 Å². The minimum Gasteiger partial charge on any atom is -0.448 e. The van der Waals surface area contributed by atoms with Crippen LogP contribution >= 0.6 is 0 Å². The molecule has 1 fully saturated rings. The smallest absolute Gasteiger partial charge is 0.268 e. The van der Waals surface area contributed by atoms with Crippen LogP contribution in [-0.4, -0.2) is 64.9 Å². The van der Waals surface area contributed by atoms with Crippen molar-refractivity contribution in [3.8, 4) is 11.8 Å². The number of likely N-dealkylation sites (N-methyl/N-ethyl adjacent to an activating group) is 1. The minimum atomic E-state index is -0.235. The van der Waals surface area contributed by atoms with Gasteiger partial charge in [-0.15, -0.1) is 0 Å². The molecule has 0 radical (unpaired) electrons. The second-order valence-electron chi connectivity index (χ2n) is 10.6. The number of hydrogen-bond acceptors (Lipinski definition) is 9. The average molecular weight is 567 g/mol. The number of benzene rings is 1. The highest BCUT2D eigenvalue weighted by molar-refractivity contribution is 5.77. The summed E-state index contributed by atoms with van der Waals surface area (Å²) in [7, 11) is 3.74. The van der Waals surface area contributed by atoms with Crippen LogP contribution in [-0.2, 0) is 22.4 Å². The molecule has 1 aliphatic carbocycles. The van der Waals surface area contributed by atoms with Crippen LogP contribution in [0.2, 0.25) is 0 Å². The summed E-state index contributed by atoms with van der Waals surface area (Å²) in [6.45, 7) is 3.20. The molecule has 4 heterocycles. The van der Waals surface area contributed by atoms with Crippen LogP contribution in [0.1, 0.15) is 47.9 Å². The second-order valence-corrected chi connectivity index (χ2v) is 10.6. The van der Waals surface area contributed by atoms with Gasteiger partial charge in [0.25, 0.3) is 5.56 Å². The molecule has 6 rings (SSSR count). The lowest BCUT2D eigenvalue weighted by Crippen LogP contribution is -2.35. The Morgan fingerprint density at radius 3 is 2.86 bits per heavy atom. The molecule has 42 heavy (non-hydrogen) atoms. The van der Waals surface area contributed by atoms with E-state index in [1.54, 1.807) is 23.9 Å². The van der Waals surface area contributed by atoms with Crippen molar-refractivity contribution in [2.24, 2.45) is 0 Å². The van der Waals surface area contributed by atoms with Crippen molar-refractivity contribution in [2.45, 2.75) is 38.3 Å². The monoisotopic (exact) mass is 566 g/mol. The number of pyridine rings is 1. The summed E-state index contributed by atoms with van der Waals surface area (Å²) < 4.78 is 18.4. The molecule has 0 saturated carbocycles. The van der Waals surface area contributed by atoms with Crippen molar-refractivity contribution in [3.63, 3.8) is 0 Å². The number of anilines is 2. The molecule has 10 heteroatoms. The normalized spacial score (nSPS) is 17.2. The fourth-order valence-corrected chi connectivity index (χ4v) is 5.25. The van der Waals surface area contributed by atoms with Crippen molar-refractivity contribution in [2.75, 3.05) is 45.8 Å². The summed E-state index contributed by atoms with van der Waals surface area (Å²) in [5, 5.41) is 3.99. The quantitative estimate of drug-likeness (QED) is 0.314. The molecule has 0 bridgehead atoms. The number of rotatable bonds is 8. The molecule has 4 aromatic rings. The number of hydrogen-bond donors (Lipinski definition) is 1. The van der Waals surface area contributed by atoms with Crippen molar-refractivity contribution < 1.29 is 13.9 Å². The van der Waals surface area contributed by atoms with Crippen molar-refractivity contribution in [1.82, 2.24) is 24.4 Å². The van der Waals surface area contributed by atoms with Crippen LogP contribution in [0.5, 0.6) is 0 Å². The van der Waals surface area contributed by atoms with Crippen molar-refractivity contribution >= 4 is 22.7 Å². The zero-order valence-corrected chi connectivity index (χ0v) is 23.9. The SMILES string of the molecule is COCCc1ocnc1Cn1c(=O)c(C#CC2=CCCC2)cc2cnc(Nc3ccc(C4CN(C)CCO4)cc3)nc21. The molecule has 216 valence electrons. The maximum absolute atomic E-state index is 13.8. The fraction of sp³-hybridized carbons (Fsp3) is 0.375. The van der Waals surface area contributed by atoms with E-state index in [4.69, 9.17) is 18.9 Å². The van der Waals surface area contributed by atoms with Gasteiger partial charge in [-0.3, -0.25) is 9.36 Å². The van der Waals surface area contributed by atoms with E-state index >= 15 is 0 Å². The molecule has 0 spiro atoms. The Hall–Kier alpha value is -4.30. The number of methoxy groups -OCH3 is 1. The molecule has 1 N–H and O–H groups in total. The lowest BCUT2D eigenvalue weighted by atomic mass is 10.1. The van der Waals surface area contributed by atoms with E-state index in [0.29, 0.717) is 47.0 Å². The molecule has 1 unspecified atom stereocenters. The van der Waals surface area contributed by atoms with Gasteiger partial charge in [-0.25, -0.2) is 9.97 Å². The Morgan fingerprint density at radius 2 is 2.07 bits per heavy atom. The maximum atomic E-state index is 13.8. The number of nitrogens with zero attached hydrogens (tertiary/aromatic N) is 5. The number of allylic oxidation sites excluding steroid dienone is 2. The summed E-state index contributed by atoms with van der Waals surface area (Å²) in [6, 6.07) is 9.86. The van der Waals surface area contributed by atoms with E-state index < -0.39 is 0 Å². The number of ether oxygens (including phenoxy) is 2. The van der Waals surface area contributed by atoms with E-state index in [2.05, 4.69) is 57.3 Å². The molecule has 1 atom stereocenters. The van der Waals surface area contributed by atoms with E-state index in [0.717, 1.165) is 55.8 Å². The molecule has 10 nitrogen and oxygen atoms in total. The summed E-state index contributed by atoms with van der Waals surface area (Å²) in [5.74, 6) is 7.34. The van der Waals surface area contributed by atoms with Gasteiger partial charge in [0.2, 0.25) is 5.95 Å². The van der Waals surface area contributed by atoms with E-state index in [1.807, 2.05) is 12.1 Å². The summed E-state index contributed by atoms with van der Waals surface area (Å²) >= 11 is 0. The largest absolute Gasteiger partial charge is 0.448 e. The lowest BCUT2D eigenvalue weighted by molar-refractivity contribution is -0.0208. The summed E-state index contributed by atoms with van der Waals surface area (Å²) in [4.78, 5) is 29.8. The number of nitrogens with one attached hydrogen (secondary N) is 1. The van der Waals surface area contributed by atoms with Gasteiger partial charge in [0.05, 0.1) is 31.4 Å². The summed E-state index contributed by atoms with van der Waals surface area (Å²) in [5.41, 5.74) is 4.33. The van der Waals surface area contributed by atoms with Crippen LogP contribution in [0, 0.1) is 11.8 Å².